The maximum atomic E-state index is 2.62. The Morgan fingerprint density at radius 1 is 0.833 bits per heavy atom. The molecule has 18 heavy (non-hydrogen) atoms. The molecule has 0 spiro atoms. The Morgan fingerprint density at radius 2 is 1.39 bits per heavy atom. The van der Waals surface area contributed by atoms with Crippen molar-refractivity contribution in [3.8, 4) is 0 Å². The second-order valence-corrected chi connectivity index (χ2v) is 6.43. The van der Waals surface area contributed by atoms with E-state index < -0.39 is 0 Å². The molecule has 0 saturated carbocycles. The van der Waals surface area contributed by atoms with Crippen molar-refractivity contribution in [3.05, 3.63) is 0 Å². The van der Waals surface area contributed by atoms with E-state index in [2.05, 4.69) is 48.8 Å². The molecule has 0 aromatic carbocycles. The van der Waals surface area contributed by atoms with Crippen molar-refractivity contribution in [2.75, 3.05) is 19.6 Å². The summed E-state index contributed by atoms with van der Waals surface area (Å²) in [6, 6.07) is 0. The van der Waals surface area contributed by atoms with Crippen LogP contribution in [-0.2, 0) is 0 Å². The van der Waals surface area contributed by atoms with Crippen molar-refractivity contribution in [1.29, 1.82) is 0 Å². The highest BCUT2D eigenvalue weighted by atomic mass is 15.3. The predicted molar refractivity (Wildman–Crippen MR) is 86.1 cm³/mol. The van der Waals surface area contributed by atoms with Crippen molar-refractivity contribution < 1.29 is 0 Å². The molecule has 1 saturated heterocycles. The third kappa shape index (κ3) is 5.81. The summed E-state index contributed by atoms with van der Waals surface area (Å²) in [5, 5.41) is 0. The first-order valence-electron chi connectivity index (χ1n) is 7.72. The van der Waals surface area contributed by atoms with Crippen LogP contribution in [0.25, 0.3) is 0 Å². The number of nitrogens with zero attached hydrogens (tertiary/aromatic N) is 3. The van der Waals surface area contributed by atoms with Gasteiger partial charge in [0, 0.05) is 0 Å². The molecule has 0 amide bonds. The summed E-state index contributed by atoms with van der Waals surface area (Å²) >= 11 is 0. The summed E-state index contributed by atoms with van der Waals surface area (Å²) in [7, 11) is 3.47. The van der Waals surface area contributed by atoms with Gasteiger partial charge in [0.05, 0.1) is 0 Å². The first kappa shape index (κ1) is 16.1. The Hall–Kier alpha value is 0.0748. The molecule has 1 atom stereocenters. The molecule has 0 aromatic heterocycles. The molecule has 0 radical (unpaired) electrons. The summed E-state index contributed by atoms with van der Waals surface area (Å²) in [5.74, 6) is 1.57. The van der Waals surface area contributed by atoms with Crippen molar-refractivity contribution in [3.63, 3.8) is 0 Å². The van der Waals surface area contributed by atoms with Gasteiger partial charge in [-0.15, -0.1) is 0 Å². The van der Waals surface area contributed by atoms with Crippen LogP contribution in [-0.4, -0.2) is 56.4 Å². The summed E-state index contributed by atoms with van der Waals surface area (Å²) in [6.07, 6.45) is 2.54. The van der Waals surface area contributed by atoms with Crippen LogP contribution in [0.2, 0.25) is 0 Å². The molecule has 1 aliphatic rings. The van der Waals surface area contributed by atoms with E-state index in [0.29, 0.717) is 0 Å². The smallest absolute Gasteiger partial charge is 0.270 e. The van der Waals surface area contributed by atoms with Gasteiger partial charge in [0.25, 0.3) is 22.6 Å². The maximum Gasteiger partial charge on any atom is 0.270 e. The topological polar surface area (TPSA) is 9.72 Å². The normalized spacial score (nSPS) is 20.3. The zero-order valence-electron chi connectivity index (χ0n) is 13.2. The lowest BCUT2D eigenvalue weighted by Gasteiger charge is -2.42. The van der Waals surface area contributed by atoms with Gasteiger partial charge in [-0.05, 0) is 37.9 Å². The lowest BCUT2D eigenvalue weighted by atomic mass is 9.72. The third-order valence-electron chi connectivity index (χ3n) is 3.63. The van der Waals surface area contributed by atoms with Gasteiger partial charge in [0.1, 0.15) is 0 Å². The van der Waals surface area contributed by atoms with E-state index in [0.717, 1.165) is 34.5 Å². The van der Waals surface area contributed by atoms with Crippen LogP contribution in [0.15, 0.2) is 0 Å². The van der Waals surface area contributed by atoms with Crippen molar-refractivity contribution in [2.45, 2.75) is 47.5 Å². The van der Waals surface area contributed by atoms with Gasteiger partial charge < -0.3 is 14.2 Å². The van der Waals surface area contributed by atoms with Gasteiger partial charge in [-0.3, -0.25) is 0 Å². The van der Waals surface area contributed by atoms with Crippen LogP contribution in [0.4, 0.5) is 0 Å². The zero-order valence-corrected chi connectivity index (χ0v) is 13.2. The second-order valence-electron chi connectivity index (χ2n) is 6.43. The minimum atomic E-state index is 0.761. The van der Waals surface area contributed by atoms with Crippen LogP contribution >= 0.6 is 0 Å². The Morgan fingerprint density at radius 3 is 1.89 bits per heavy atom. The average molecular weight is 249 g/mol. The standard InChI is InChI=1S/C12H30B3N3/c1-6-8-16-13-17(9-11(3)4)15-18(14-16)10-12(5)7-2/h11-15H,6-10H2,1-5H3. The first-order valence-corrected chi connectivity index (χ1v) is 7.72. The molecule has 1 rings (SSSR count). The molecule has 0 bridgehead atoms. The molecule has 1 fully saturated rings. The molecule has 6 heteroatoms. The molecule has 1 unspecified atom stereocenters. The average Bonchev–Trinajstić information content (AvgIpc) is 2.28. The quantitative estimate of drug-likeness (QED) is 0.618. The summed E-state index contributed by atoms with van der Waals surface area (Å²) < 4.78 is 7.82. The van der Waals surface area contributed by atoms with Crippen LogP contribution in [0.3, 0.4) is 0 Å². The Kier molecular flexibility index (Phi) is 7.43. The van der Waals surface area contributed by atoms with Gasteiger partial charge in [-0.1, -0.05) is 41.0 Å². The Labute approximate surface area is 116 Å². The molecular weight excluding hydrogens is 219 g/mol. The fraction of sp³-hybridized carbons (Fsp3) is 1.00. The lowest BCUT2D eigenvalue weighted by molar-refractivity contribution is 0.400. The molecule has 1 heterocycles. The Bertz CT molecular complexity index is 229. The fourth-order valence-corrected chi connectivity index (χ4v) is 2.76. The molecule has 0 aliphatic carbocycles. The number of hydrogen-bond donors (Lipinski definition) is 0. The lowest BCUT2D eigenvalue weighted by Crippen LogP contribution is -2.62. The van der Waals surface area contributed by atoms with E-state index in [4.69, 9.17) is 0 Å². The fourth-order valence-electron chi connectivity index (χ4n) is 2.76. The van der Waals surface area contributed by atoms with Crippen molar-refractivity contribution in [1.82, 2.24) is 14.2 Å². The highest BCUT2D eigenvalue weighted by Crippen LogP contribution is 2.09. The van der Waals surface area contributed by atoms with Crippen LogP contribution < -0.4 is 0 Å². The van der Waals surface area contributed by atoms with Crippen molar-refractivity contribution in [2.24, 2.45) is 11.8 Å². The summed E-state index contributed by atoms with van der Waals surface area (Å²) in [4.78, 5) is 0. The third-order valence-corrected chi connectivity index (χ3v) is 3.63. The van der Waals surface area contributed by atoms with Crippen LogP contribution in [0, 0.1) is 11.8 Å². The van der Waals surface area contributed by atoms with Gasteiger partial charge in [0.2, 0.25) is 0 Å². The van der Waals surface area contributed by atoms with Gasteiger partial charge in [-0.25, -0.2) is 0 Å². The maximum absolute atomic E-state index is 2.62. The highest BCUT2D eigenvalue weighted by molar-refractivity contribution is 6.64. The van der Waals surface area contributed by atoms with Gasteiger partial charge >= 0.3 is 0 Å². The minimum absolute atomic E-state index is 0.761. The highest BCUT2D eigenvalue weighted by Gasteiger charge is 2.27. The van der Waals surface area contributed by atoms with E-state index in [-0.39, 0.29) is 0 Å². The van der Waals surface area contributed by atoms with E-state index in [1.54, 1.807) is 0 Å². The number of hydrogen-bond acceptors (Lipinski definition) is 3. The molecule has 102 valence electrons. The zero-order chi connectivity index (χ0) is 13.5. The van der Waals surface area contributed by atoms with E-state index in [1.807, 2.05) is 0 Å². The summed E-state index contributed by atoms with van der Waals surface area (Å²) in [6.45, 7) is 15.3. The largest absolute Gasteiger partial charge is 0.363 e. The van der Waals surface area contributed by atoms with Crippen LogP contribution in [0.5, 0.6) is 0 Å². The number of rotatable bonds is 7. The summed E-state index contributed by atoms with van der Waals surface area (Å²) in [5.41, 5.74) is 0. The monoisotopic (exact) mass is 249 g/mol. The van der Waals surface area contributed by atoms with Gasteiger partial charge in [-0.2, -0.15) is 0 Å². The van der Waals surface area contributed by atoms with E-state index in [1.165, 1.54) is 32.5 Å². The Balaban J connectivity index is 2.50. The molecule has 0 N–H and O–H groups in total. The van der Waals surface area contributed by atoms with Crippen molar-refractivity contribution >= 4 is 22.6 Å². The molecule has 1 aliphatic heterocycles. The van der Waals surface area contributed by atoms with E-state index >= 15 is 0 Å². The SMILES string of the molecule is CCCN1BN(CC(C)C)BN(CC(C)CC)B1. The molecule has 3 nitrogen and oxygen atoms in total. The molecular formula is C12H30B3N3. The second kappa shape index (κ2) is 8.29. The minimum Gasteiger partial charge on any atom is -0.363 e. The molecule has 0 aromatic rings. The first-order chi connectivity index (χ1) is 8.55. The van der Waals surface area contributed by atoms with Crippen LogP contribution in [0.1, 0.15) is 47.5 Å². The predicted octanol–water partition coefficient (Wildman–Crippen LogP) is 0.818. The van der Waals surface area contributed by atoms with Gasteiger partial charge in [0.15, 0.2) is 0 Å². The van der Waals surface area contributed by atoms with E-state index in [9.17, 15) is 0 Å².